The van der Waals surface area contributed by atoms with Gasteiger partial charge in [0.25, 0.3) is 0 Å². The number of carbonyl (C=O) groups excluding carboxylic acids is 1. The summed E-state index contributed by atoms with van der Waals surface area (Å²) in [5.74, 6) is -0.144. The lowest BCUT2D eigenvalue weighted by atomic mass is 10.0. The Hall–Kier alpha value is -1.10. The number of nitrogens with one attached hydrogen (secondary N) is 1. The lowest BCUT2D eigenvalue weighted by molar-refractivity contribution is -0.122. The predicted molar refractivity (Wildman–Crippen MR) is 83.8 cm³/mol. The third-order valence-electron chi connectivity index (χ3n) is 3.40. The Kier molecular flexibility index (Phi) is 6.99. The molecule has 112 valence electrons. The van der Waals surface area contributed by atoms with E-state index in [1.165, 1.54) is 0 Å². The predicted octanol–water partition coefficient (Wildman–Crippen LogP) is 2.19. The number of hydrogen-bond acceptors (Lipinski definition) is 3. The first-order chi connectivity index (χ1) is 9.51. The van der Waals surface area contributed by atoms with Crippen LogP contribution in [0.5, 0.6) is 0 Å². The van der Waals surface area contributed by atoms with Crippen molar-refractivity contribution >= 4 is 17.5 Å². The van der Waals surface area contributed by atoms with Gasteiger partial charge in [-0.3, -0.25) is 9.69 Å². The lowest BCUT2D eigenvalue weighted by Gasteiger charge is -2.31. The average molecular weight is 298 g/mol. The highest BCUT2D eigenvalue weighted by Gasteiger charge is 2.21. The number of amides is 1. The van der Waals surface area contributed by atoms with Crippen molar-refractivity contribution in [1.82, 2.24) is 10.2 Å². The molecule has 0 saturated heterocycles. The highest BCUT2D eigenvalue weighted by Crippen LogP contribution is 2.26. The fourth-order valence-electron chi connectivity index (χ4n) is 2.20. The smallest absolute Gasteiger partial charge is 0.236 e. The Bertz CT molecular complexity index is 433. The van der Waals surface area contributed by atoms with E-state index in [-0.39, 0.29) is 11.9 Å². The van der Waals surface area contributed by atoms with Crippen molar-refractivity contribution in [1.29, 1.82) is 0 Å². The molecular formula is C15H24ClN3O. The van der Waals surface area contributed by atoms with E-state index in [0.29, 0.717) is 6.54 Å². The van der Waals surface area contributed by atoms with E-state index < -0.39 is 6.04 Å². The maximum atomic E-state index is 11.7. The van der Waals surface area contributed by atoms with Gasteiger partial charge in [-0.25, -0.2) is 0 Å². The molecule has 2 atom stereocenters. The summed E-state index contributed by atoms with van der Waals surface area (Å²) >= 11 is 6.29. The van der Waals surface area contributed by atoms with Crippen molar-refractivity contribution in [2.75, 3.05) is 19.6 Å². The van der Waals surface area contributed by atoms with Crippen LogP contribution in [-0.2, 0) is 4.79 Å². The summed E-state index contributed by atoms with van der Waals surface area (Å²) in [6.45, 7) is 8.16. The molecule has 0 fully saturated rings. The van der Waals surface area contributed by atoms with E-state index in [1.54, 1.807) is 6.92 Å². The molecule has 1 aromatic carbocycles. The quantitative estimate of drug-likeness (QED) is 0.811. The van der Waals surface area contributed by atoms with Crippen molar-refractivity contribution in [3.05, 3.63) is 34.9 Å². The molecule has 1 unspecified atom stereocenters. The Labute approximate surface area is 126 Å². The molecule has 0 aliphatic heterocycles. The SMILES string of the molecule is CCN(CC)C(CNC(=O)[C@@H](C)N)c1ccccc1Cl. The Morgan fingerprint density at radius 1 is 1.35 bits per heavy atom. The molecule has 0 spiro atoms. The minimum atomic E-state index is -0.501. The third-order valence-corrected chi connectivity index (χ3v) is 3.74. The highest BCUT2D eigenvalue weighted by molar-refractivity contribution is 6.31. The number of rotatable bonds is 7. The van der Waals surface area contributed by atoms with Crippen LogP contribution in [0, 0.1) is 0 Å². The molecule has 5 heteroatoms. The monoisotopic (exact) mass is 297 g/mol. The van der Waals surface area contributed by atoms with Gasteiger partial charge in [0.2, 0.25) is 5.91 Å². The minimum Gasteiger partial charge on any atom is -0.353 e. The summed E-state index contributed by atoms with van der Waals surface area (Å²) in [7, 11) is 0. The van der Waals surface area contributed by atoms with E-state index in [9.17, 15) is 4.79 Å². The van der Waals surface area contributed by atoms with E-state index in [2.05, 4.69) is 24.1 Å². The summed E-state index contributed by atoms with van der Waals surface area (Å²) in [4.78, 5) is 13.9. The first kappa shape index (κ1) is 17.0. The van der Waals surface area contributed by atoms with Crippen molar-refractivity contribution in [2.45, 2.75) is 32.9 Å². The molecule has 3 N–H and O–H groups in total. The Morgan fingerprint density at radius 3 is 2.45 bits per heavy atom. The molecule has 0 saturated carbocycles. The van der Waals surface area contributed by atoms with E-state index in [0.717, 1.165) is 23.7 Å². The average Bonchev–Trinajstić information content (AvgIpc) is 2.44. The van der Waals surface area contributed by atoms with E-state index in [1.807, 2.05) is 24.3 Å². The maximum Gasteiger partial charge on any atom is 0.236 e. The van der Waals surface area contributed by atoms with Crippen molar-refractivity contribution < 1.29 is 4.79 Å². The van der Waals surface area contributed by atoms with Crippen molar-refractivity contribution in [3.8, 4) is 0 Å². The number of carbonyl (C=O) groups is 1. The van der Waals surface area contributed by atoms with Gasteiger partial charge in [0.1, 0.15) is 0 Å². The van der Waals surface area contributed by atoms with Crippen LogP contribution in [0.1, 0.15) is 32.4 Å². The van der Waals surface area contributed by atoms with Crippen LogP contribution in [-0.4, -0.2) is 36.5 Å². The zero-order valence-electron chi connectivity index (χ0n) is 12.4. The maximum absolute atomic E-state index is 11.7. The summed E-state index contributed by atoms with van der Waals surface area (Å²) in [5.41, 5.74) is 6.61. The molecule has 0 radical (unpaired) electrons. The molecule has 0 heterocycles. The zero-order valence-corrected chi connectivity index (χ0v) is 13.2. The fourth-order valence-corrected chi connectivity index (χ4v) is 2.47. The van der Waals surface area contributed by atoms with Crippen LogP contribution in [0.2, 0.25) is 5.02 Å². The lowest BCUT2D eigenvalue weighted by Crippen LogP contribution is -2.43. The number of nitrogens with zero attached hydrogens (tertiary/aromatic N) is 1. The summed E-state index contributed by atoms with van der Waals surface area (Å²) in [5, 5.41) is 3.61. The third kappa shape index (κ3) is 4.47. The largest absolute Gasteiger partial charge is 0.353 e. The second-order valence-corrected chi connectivity index (χ2v) is 5.20. The Morgan fingerprint density at radius 2 is 1.95 bits per heavy atom. The van der Waals surface area contributed by atoms with Crippen LogP contribution in [0.3, 0.4) is 0 Å². The number of halogens is 1. The minimum absolute atomic E-state index is 0.0569. The molecule has 1 amide bonds. The molecule has 0 aromatic heterocycles. The molecule has 20 heavy (non-hydrogen) atoms. The van der Waals surface area contributed by atoms with Gasteiger partial charge in [0, 0.05) is 11.6 Å². The topological polar surface area (TPSA) is 58.4 Å². The Balaban J connectivity index is 2.92. The van der Waals surface area contributed by atoms with Crippen LogP contribution in [0.4, 0.5) is 0 Å². The second kappa shape index (κ2) is 8.25. The number of likely N-dealkylation sites (N-methyl/N-ethyl adjacent to an activating group) is 1. The van der Waals surface area contributed by atoms with Gasteiger partial charge in [-0.2, -0.15) is 0 Å². The standard InChI is InChI=1S/C15H24ClN3O/c1-4-19(5-2)14(10-18-15(20)11(3)17)12-8-6-7-9-13(12)16/h6-9,11,14H,4-5,10,17H2,1-3H3,(H,18,20)/t11-,14?/m1/s1. The van der Waals surface area contributed by atoms with Crippen molar-refractivity contribution in [2.24, 2.45) is 5.73 Å². The fraction of sp³-hybridized carbons (Fsp3) is 0.533. The number of hydrogen-bond donors (Lipinski definition) is 2. The number of nitrogens with two attached hydrogens (primary N) is 1. The normalized spacial score (nSPS) is 14.1. The zero-order chi connectivity index (χ0) is 15.1. The van der Waals surface area contributed by atoms with E-state index >= 15 is 0 Å². The molecular weight excluding hydrogens is 274 g/mol. The van der Waals surface area contributed by atoms with Gasteiger partial charge in [-0.15, -0.1) is 0 Å². The highest BCUT2D eigenvalue weighted by atomic mass is 35.5. The first-order valence-electron chi connectivity index (χ1n) is 7.03. The van der Waals surface area contributed by atoms with Crippen LogP contribution >= 0.6 is 11.6 Å². The first-order valence-corrected chi connectivity index (χ1v) is 7.40. The number of benzene rings is 1. The summed E-state index contributed by atoms with van der Waals surface area (Å²) in [6.07, 6.45) is 0. The second-order valence-electron chi connectivity index (χ2n) is 4.79. The summed E-state index contributed by atoms with van der Waals surface area (Å²) < 4.78 is 0. The van der Waals surface area contributed by atoms with Gasteiger partial charge >= 0.3 is 0 Å². The molecule has 0 aliphatic rings. The molecule has 0 aliphatic carbocycles. The van der Waals surface area contributed by atoms with Gasteiger partial charge < -0.3 is 11.1 Å². The van der Waals surface area contributed by atoms with Crippen LogP contribution < -0.4 is 11.1 Å². The van der Waals surface area contributed by atoms with Gasteiger partial charge in [-0.05, 0) is 31.6 Å². The van der Waals surface area contributed by atoms with Crippen molar-refractivity contribution in [3.63, 3.8) is 0 Å². The molecule has 1 rings (SSSR count). The van der Waals surface area contributed by atoms with Gasteiger partial charge in [-0.1, -0.05) is 43.6 Å². The van der Waals surface area contributed by atoms with E-state index in [4.69, 9.17) is 17.3 Å². The molecule has 0 bridgehead atoms. The van der Waals surface area contributed by atoms with Gasteiger partial charge in [0.15, 0.2) is 0 Å². The van der Waals surface area contributed by atoms with Crippen LogP contribution in [0.25, 0.3) is 0 Å². The molecule has 1 aromatic rings. The molecule has 4 nitrogen and oxygen atoms in total. The summed E-state index contributed by atoms with van der Waals surface area (Å²) in [6, 6.07) is 7.31. The van der Waals surface area contributed by atoms with Crippen LogP contribution in [0.15, 0.2) is 24.3 Å². The van der Waals surface area contributed by atoms with Gasteiger partial charge in [0.05, 0.1) is 12.1 Å².